The van der Waals surface area contributed by atoms with E-state index in [0.717, 1.165) is 6.42 Å². The number of hydrogen-bond donors (Lipinski definition) is 0. The smallest absolute Gasteiger partial charge is 0.200 e. The monoisotopic (exact) mass is 648 g/mol. The van der Waals surface area contributed by atoms with E-state index in [1.165, 1.54) is 78.5 Å². The number of aromatic nitrogens is 3. The fourth-order valence-electron chi connectivity index (χ4n) is 9.60. The summed E-state index contributed by atoms with van der Waals surface area (Å²) in [6, 6.07) is 54.3. The van der Waals surface area contributed by atoms with E-state index in [-0.39, 0.29) is 0 Å². The highest BCUT2D eigenvalue weighted by Gasteiger charge is 2.74. The van der Waals surface area contributed by atoms with Gasteiger partial charge in [0.15, 0.2) is 17.6 Å². The Morgan fingerprint density at radius 3 is 1.60 bits per heavy atom. The number of fused-ring (bicyclic) bond motifs is 9. The summed E-state index contributed by atoms with van der Waals surface area (Å²) in [5.74, 6) is 0. The number of aryl methyl sites for hydroxylation is 4. The molecule has 4 aromatic carbocycles. The van der Waals surface area contributed by atoms with E-state index in [9.17, 15) is 0 Å². The molecular weight excluding hydrogens is 607 g/mol. The van der Waals surface area contributed by atoms with Crippen LogP contribution in [0.2, 0.25) is 0 Å². The van der Waals surface area contributed by atoms with E-state index in [1.54, 1.807) is 0 Å². The molecule has 0 aliphatic carbocycles. The van der Waals surface area contributed by atoms with Gasteiger partial charge in [-0.25, -0.2) is 4.57 Å². The number of nitrogens with zero attached hydrogens (tertiary/aromatic N) is 3. The highest BCUT2D eigenvalue weighted by atomic mass is 15.2. The third-order valence-electron chi connectivity index (χ3n) is 11.6. The van der Waals surface area contributed by atoms with E-state index in [1.807, 2.05) is 0 Å². The maximum absolute atomic E-state index is 2.66. The Morgan fingerprint density at radius 2 is 1.00 bits per heavy atom. The summed E-state index contributed by atoms with van der Waals surface area (Å²) in [7, 11) is 2.21. The average molecular weight is 649 g/mol. The van der Waals surface area contributed by atoms with Gasteiger partial charge in [-0.1, -0.05) is 91.9 Å². The van der Waals surface area contributed by atoms with Crippen LogP contribution in [0.3, 0.4) is 0 Å². The highest BCUT2D eigenvalue weighted by Crippen LogP contribution is 2.57. The standard InChI is InChI=1S/C47H42N3/c1-6-34-30-45(48(5)31-39(34)35-20-8-7-9-21-35)36-22-10-13-25-40(36)46(4)47(41-26-14-11-23-37(41)43-28-16-18-32(2)49(43)46)42-27-15-12-24-38(42)44-29-17-19-33(3)50(44)47/h7-31H,6H2,1-5H3/q+3. The summed E-state index contributed by atoms with van der Waals surface area (Å²) >= 11 is 0. The molecule has 242 valence electrons. The lowest BCUT2D eigenvalue weighted by Crippen LogP contribution is -2.79. The molecule has 0 N–H and O–H groups in total. The predicted molar refractivity (Wildman–Crippen MR) is 200 cm³/mol. The van der Waals surface area contributed by atoms with Crippen molar-refractivity contribution in [3.8, 4) is 44.9 Å². The van der Waals surface area contributed by atoms with Crippen LogP contribution in [0, 0.1) is 13.8 Å². The van der Waals surface area contributed by atoms with Crippen molar-refractivity contribution in [3.63, 3.8) is 0 Å². The van der Waals surface area contributed by atoms with E-state index in [2.05, 4.69) is 200 Å². The van der Waals surface area contributed by atoms with Gasteiger partial charge < -0.3 is 0 Å². The maximum Gasteiger partial charge on any atom is 0.288 e. The lowest BCUT2D eigenvalue weighted by molar-refractivity contribution is -0.849. The van der Waals surface area contributed by atoms with Gasteiger partial charge >= 0.3 is 0 Å². The van der Waals surface area contributed by atoms with Gasteiger partial charge in [-0.2, -0.15) is 9.13 Å². The third kappa shape index (κ3) is 3.89. The van der Waals surface area contributed by atoms with Crippen LogP contribution in [-0.2, 0) is 24.5 Å². The van der Waals surface area contributed by atoms with Crippen molar-refractivity contribution in [2.24, 2.45) is 7.05 Å². The summed E-state index contributed by atoms with van der Waals surface area (Å²) in [6.45, 7) is 9.33. The first kappa shape index (κ1) is 30.4. The molecule has 3 aromatic heterocycles. The van der Waals surface area contributed by atoms with Crippen molar-refractivity contribution < 1.29 is 13.7 Å². The van der Waals surface area contributed by atoms with Crippen molar-refractivity contribution in [1.29, 1.82) is 0 Å². The molecule has 9 rings (SSSR count). The summed E-state index contributed by atoms with van der Waals surface area (Å²) < 4.78 is 7.65. The Bertz CT molecular complexity index is 2480. The summed E-state index contributed by atoms with van der Waals surface area (Å²) in [4.78, 5) is 0. The molecule has 3 heteroatoms. The summed E-state index contributed by atoms with van der Waals surface area (Å²) in [6.07, 6.45) is 3.28. The first-order valence-electron chi connectivity index (χ1n) is 17.8. The SMILES string of the molecule is CCc1cc(-c2ccccc2C2(C)[n+]3c(C)cccc3-c3ccccc3C23c2ccccc2-c2cccc(C)[n+]23)[n+](C)cc1-c1ccccc1. The van der Waals surface area contributed by atoms with Crippen LogP contribution in [0.1, 0.15) is 47.5 Å². The number of benzene rings is 4. The molecule has 2 unspecified atom stereocenters. The molecule has 1 spiro atoms. The van der Waals surface area contributed by atoms with Gasteiger partial charge in [0, 0.05) is 73.4 Å². The molecule has 0 bridgehead atoms. The quantitative estimate of drug-likeness (QED) is 0.169. The summed E-state index contributed by atoms with van der Waals surface area (Å²) in [5, 5.41) is 0. The zero-order valence-corrected chi connectivity index (χ0v) is 29.5. The fourth-order valence-corrected chi connectivity index (χ4v) is 9.60. The maximum atomic E-state index is 2.66. The van der Waals surface area contributed by atoms with Gasteiger partial charge in [0.05, 0.1) is 16.7 Å². The molecule has 0 saturated carbocycles. The van der Waals surface area contributed by atoms with Crippen molar-refractivity contribution in [2.75, 3.05) is 0 Å². The minimum atomic E-state index is -0.603. The van der Waals surface area contributed by atoms with Crippen molar-refractivity contribution in [3.05, 3.63) is 185 Å². The Labute approximate surface area is 295 Å². The molecule has 7 aromatic rings. The molecule has 3 nitrogen and oxygen atoms in total. The first-order chi connectivity index (χ1) is 24.4. The largest absolute Gasteiger partial charge is 0.288 e. The minimum absolute atomic E-state index is 0.600. The fraction of sp³-hybridized carbons (Fsp3) is 0.170. The van der Waals surface area contributed by atoms with E-state index in [4.69, 9.17) is 0 Å². The Balaban J connectivity index is 1.45. The van der Waals surface area contributed by atoms with Crippen LogP contribution in [0.4, 0.5) is 0 Å². The molecule has 0 saturated heterocycles. The second kappa shape index (κ2) is 11.2. The number of pyridine rings is 3. The minimum Gasteiger partial charge on any atom is -0.200 e. The van der Waals surface area contributed by atoms with Crippen molar-refractivity contribution in [2.45, 2.75) is 45.2 Å². The molecule has 2 aliphatic rings. The molecule has 2 atom stereocenters. The van der Waals surface area contributed by atoms with E-state index < -0.39 is 11.1 Å². The van der Waals surface area contributed by atoms with Gasteiger partial charge in [-0.05, 0) is 47.9 Å². The first-order valence-corrected chi connectivity index (χ1v) is 17.8. The van der Waals surface area contributed by atoms with Crippen LogP contribution in [0.5, 0.6) is 0 Å². The molecule has 50 heavy (non-hydrogen) atoms. The van der Waals surface area contributed by atoms with Gasteiger partial charge in [-0.3, -0.25) is 0 Å². The highest BCUT2D eigenvalue weighted by molar-refractivity contribution is 5.77. The molecular formula is C47H42N3+3. The predicted octanol–water partition coefficient (Wildman–Crippen LogP) is 8.82. The van der Waals surface area contributed by atoms with Crippen molar-refractivity contribution >= 4 is 0 Å². The molecule has 0 amide bonds. The Hall–Kier alpha value is -5.67. The van der Waals surface area contributed by atoms with Crippen LogP contribution in [0.15, 0.2) is 152 Å². The topological polar surface area (TPSA) is 11.6 Å². The van der Waals surface area contributed by atoms with Crippen LogP contribution in [0.25, 0.3) is 44.9 Å². The summed E-state index contributed by atoms with van der Waals surface area (Å²) in [5.41, 5.74) is 16.6. The second-order valence-electron chi connectivity index (χ2n) is 14.1. The van der Waals surface area contributed by atoms with Gasteiger partial charge in [0.25, 0.3) is 11.1 Å². The van der Waals surface area contributed by atoms with Gasteiger partial charge in [0.2, 0.25) is 17.1 Å². The number of hydrogen-bond acceptors (Lipinski definition) is 0. The van der Waals surface area contributed by atoms with Crippen molar-refractivity contribution in [1.82, 2.24) is 0 Å². The zero-order chi connectivity index (χ0) is 34.2. The average Bonchev–Trinajstić information content (AvgIpc) is 3.46. The lowest BCUT2D eigenvalue weighted by Gasteiger charge is -2.44. The lowest BCUT2D eigenvalue weighted by atomic mass is 9.61. The zero-order valence-electron chi connectivity index (χ0n) is 29.5. The molecule has 0 fully saturated rings. The molecule has 0 radical (unpaired) electrons. The van der Waals surface area contributed by atoms with Gasteiger partial charge in [-0.15, -0.1) is 0 Å². The Kier molecular flexibility index (Phi) is 6.80. The second-order valence-corrected chi connectivity index (χ2v) is 14.1. The van der Waals surface area contributed by atoms with E-state index >= 15 is 0 Å². The Morgan fingerprint density at radius 1 is 0.500 bits per heavy atom. The van der Waals surface area contributed by atoms with Crippen LogP contribution < -0.4 is 13.7 Å². The molecule has 5 heterocycles. The van der Waals surface area contributed by atoms with E-state index in [0.29, 0.717) is 0 Å². The van der Waals surface area contributed by atoms with Crippen LogP contribution >= 0.6 is 0 Å². The molecule has 2 aliphatic heterocycles. The normalized spacial score (nSPS) is 18.3. The third-order valence-corrected chi connectivity index (χ3v) is 11.6. The van der Waals surface area contributed by atoms with Gasteiger partial charge in [0.1, 0.15) is 7.05 Å². The number of rotatable bonds is 4. The van der Waals surface area contributed by atoms with Crippen LogP contribution in [-0.4, -0.2) is 0 Å².